The van der Waals surface area contributed by atoms with Crippen molar-refractivity contribution >= 4 is 34.6 Å². The van der Waals surface area contributed by atoms with Crippen molar-refractivity contribution in [3.05, 3.63) is 70.4 Å². The van der Waals surface area contributed by atoms with Gasteiger partial charge in [-0.3, -0.25) is 19.1 Å². The van der Waals surface area contributed by atoms with Gasteiger partial charge in [-0.1, -0.05) is 29.1 Å². The van der Waals surface area contributed by atoms with Crippen molar-refractivity contribution in [2.24, 2.45) is 14.1 Å². The van der Waals surface area contributed by atoms with Gasteiger partial charge in [-0.05, 0) is 36.8 Å². The van der Waals surface area contributed by atoms with Gasteiger partial charge in [0.05, 0.1) is 23.8 Å². The normalized spacial score (nSPS) is 18.4. The Bertz CT molecular complexity index is 1330. The first-order valence-corrected chi connectivity index (χ1v) is 11.4. The van der Waals surface area contributed by atoms with E-state index < -0.39 is 5.97 Å². The number of nitrogens with zero attached hydrogens (tertiary/aromatic N) is 6. The largest absolute Gasteiger partial charge is 0.497 e. The highest BCUT2D eigenvalue weighted by Gasteiger charge is 2.53. The SMILES string of the molecule is COc1ccc(COC(=O)C2=C(c3cc(C)n(C)n3)S[C@@H]3/C(=C\c4cn(C)nn4)C(=O)N23)cc1. The number of aromatic nitrogens is 5. The number of hydrogen-bond donors (Lipinski definition) is 0. The highest BCUT2D eigenvalue weighted by atomic mass is 32.2. The Kier molecular flexibility index (Phi) is 5.48. The van der Waals surface area contributed by atoms with Crippen LogP contribution in [0.2, 0.25) is 0 Å². The van der Waals surface area contributed by atoms with E-state index >= 15 is 0 Å². The molecule has 11 heteroatoms. The molecule has 1 amide bonds. The maximum absolute atomic E-state index is 13.2. The lowest BCUT2D eigenvalue weighted by Gasteiger charge is -2.37. The molecule has 1 fully saturated rings. The minimum atomic E-state index is -0.573. The summed E-state index contributed by atoms with van der Waals surface area (Å²) in [5.41, 5.74) is 3.71. The van der Waals surface area contributed by atoms with Crippen LogP contribution in [0.3, 0.4) is 0 Å². The van der Waals surface area contributed by atoms with Gasteiger partial charge in [0.1, 0.15) is 34.8 Å². The Morgan fingerprint density at radius 1 is 1.24 bits per heavy atom. The molecule has 0 bridgehead atoms. The van der Waals surface area contributed by atoms with Crippen molar-refractivity contribution < 1.29 is 19.1 Å². The quantitative estimate of drug-likeness (QED) is 0.302. The van der Waals surface area contributed by atoms with Gasteiger partial charge < -0.3 is 9.47 Å². The standard InChI is InChI=1S/C23H22N6O4S/c1-13-9-18(25-28(13)3)20-19(23(31)33-12-14-5-7-16(32-4)8-6-14)29-21(30)17(22(29)34-20)10-15-11-27(2)26-24-15/h5-11,22H,12H2,1-4H3/b17-10-/t22-/m1/s1. The summed E-state index contributed by atoms with van der Waals surface area (Å²) in [5.74, 6) is -0.118. The van der Waals surface area contributed by atoms with Crippen LogP contribution in [0, 0.1) is 6.92 Å². The third-order valence-corrected chi connectivity index (χ3v) is 6.97. The number of carbonyl (C=O) groups excluding carboxylic acids is 2. The summed E-state index contributed by atoms with van der Waals surface area (Å²) in [6.07, 6.45) is 3.43. The van der Waals surface area contributed by atoms with Crippen molar-refractivity contribution in [3.8, 4) is 5.75 Å². The highest BCUT2D eigenvalue weighted by molar-refractivity contribution is 8.09. The van der Waals surface area contributed by atoms with Crippen LogP contribution in [0.1, 0.15) is 22.6 Å². The van der Waals surface area contributed by atoms with Gasteiger partial charge in [0.2, 0.25) is 0 Å². The molecule has 2 aliphatic rings. The Balaban J connectivity index is 1.43. The number of hydrogen-bond acceptors (Lipinski definition) is 8. The molecule has 0 N–H and O–H groups in total. The fourth-order valence-electron chi connectivity index (χ4n) is 3.74. The Morgan fingerprint density at radius 3 is 2.62 bits per heavy atom. The average molecular weight is 479 g/mol. The third kappa shape index (κ3) is 3.77. The molecule has 4 heterocycles. The number of methoxy groups -OCH3 is 1. The van der Waals surface area contributed by atoms with E-state index in [1.165, 1.54) is 16.7 Å². The Labute approximate surface area is 199 Å². The molecule has 0 spiro atoms. The van der Waals surface area contributed by atoms with Crippen LogP contribution in [-0.4, -0.2) is 54.0 Å². The predicted octanol–water partition coefficient (Wildman–Crippen LogP) is 2.28. The van der Waals surface area contributed by atoms with Crippen LogP contribution >= 0.6 is 11.8 Å². The van der Waals surface area contributed by atoms with E-state index in [0.29, 0.717) is 27.6 Å². The lowest BCUT2D eigenvalue weighted by molar-refractivity contribution is -0.146. The molecule has 1 atom stereocenters. The second kappa shape index (κ2) is 8.49. The van der Waals surface area contributed by atoms with Crippen molar-refractivity contribution in [2.45, 2.75) is 18.9 Å². The summed E-state index contributed by atoms with van der Waals surface area (Å²) >= 11 is 1.40. The average Bonchev–Trinajstić information content (AvgIpc) is 3.51. The number of rotatable bonds is 6. The fourth-order valence-corrected chi connectivity index (χ4v) is 5.08. The molecule has 1 aromatic carbocycles. The minimum absolute atomic E-state index is 0.0700. The Morgan fingerprint density at radius 2 is 2.00 bits per heavy atom. The van der Waals surface area contributed by atoms with Crippen LogP contribution in [0.25, 0.3) is 11.0 Å². The highest BCUT2D eigenvalue weighted by Crippen LogP contribution is 2.53. The number of β-lactam (4-membered cyclic amide) rings is 1. The number of carbonyl (C=O) groups is 2. The first-order chi connectivity index (χ1) is 16.4. The molecule has 34 heavy (non-hydrogen) atoms. The number of aryl methyl sites for hydroxylation is 3. The second-order valence-electron chi connectivity index (χ2n) is 7.96. The number of benzene rings is 1. The fraction of sp³-hybridized carbons (Fsp3) is 0.261. The molecule has 10 nitrogen and oxygen atoms in total. The van der Waals surface area contributed by atoms with E-state index in [1.54, 1.807) is 47.9 Å². The summed E-state index contributed by atoms with van der Waals surface area (Å²) in [7, 11) is 5.18. The van der Waals surface area contributed by atoms with Gasteiger partial charge in [-0.15, -0.1) is 5.10 Å². The summed E-state index contributed by atoms with van der Waals surface area (Å²) in [6.45, 7) is 2.00. The van der Waals surface area contributed by atoms with Crippen molar-refractivity contribution in [3.63, 3.8) is 0 Å². The predicted molar refractivity (Wildman–Crippen MR) is 125 cm³/mol. The molecular formula is C23H22N6O4S. The molecular weight excluding hydrogens is 456 g/mol. The van der Waals surface area contributed by atoms with E-state index in [1.807, 2.05) is 32.2 Å². The van der Waals surface area contributed by atoms with Gasteiger partial charge in [-0.2, -0.15) is 5.10 Å². The molecule has 5 rings (SSSR count). The topological polar surface area (TPSA) is 104 Å². The summed E-state index contributed by atoms with van der Waals surface area (Å²) in [6, 6.07) is 9.14. The summed E-state index contributed by atoms with van der Waals surface area (Å²) in [4.78, 5) is 28.4. The van der Waals surface area contributed by atoms with Crippen molar-refractivity contribution in [2.75, 3.05) is 7.11 Å². The van der Waals surface area contributed by atoms with E-state index in [9.17, 15) is 9.59 Å². The maximum atomic E-state index is 13.2. The smallest absolute Gasteiger partial charge is 0.356 e. The molecule has 3 aromatic rings. The van der Waals surface area contributed by atoms with Gasteiger partial charge >= 0.3 is 5.97 Å². The van der Waals surface area contributed by atoms with Crippen molar-refractivity contribution in [1.29, 1.82) is 0 Å². The van der Waals surface area contributed by atoms with Crippen LogP contribution in [0.4, 0.5) is 0 Å². The molecule has 0 saturated carbocycles. The molecule has 0 unspecified atom stereocenters. The molecule has 1 saturated heterocycles. The molecule has 2 aromatic heterocycles. The first-order valence-electron chi connectivity index (χ1n) is 10.5. The monoisotopic (exact) mass is 478 g/mol. The first kappa shape index (κ1) is 22.0. The molecule has 0 aliphatic carbocycles. The Hall–Kier alpha value is -3.86. The zero-order valence-electron chi connectivity index (χ0n) is 19.1. The summed E-state index contributed by atoms with van der Waals surface area (Å²) < 4.78 is 14.1. The van der Waals surface area contributed by atoms with Gasteiger partial charge in [-0.25, -0.2) is 4.79 Å². The van der Waals surface area contributed by atoms with Crippen molar-refractivity contribution in [1.82, 2.24) is 29.7 Å². The van der Waals surface area contributed by atoms with E-state index in [0.717, 1.165) is 11.3 Å². The van der Waals surface area contributed by atoms with Crippen LogP contribution in [0.5, 0.6) is 5.75 Å². The van der Waals surface area contributed by atoms with Crippen LogP contribution < -0.4 is 4.74 Å². The number of ether oxygens (including phenoxy) is 2. The van der Waals surface area contributed by atoms with E-state index in [2.05, 4.69) is 15.4 Å². The maximum Gasteiger partial charge on any atom is 0.356 e. The number of thioether (sulfide) groups is 1. The van der Waals surface area contributed by atoms with Gasteiger partial charge in [0.15, 0.2) is 0 Å². The lowest BCUT2D eigenvalue weighted by Crippen LogP contribution is -2.51. The molecule has 0 radical (unpaired) electrons. The summed E-state index contributed by atoms with van der Waals surface area (Å²) in [5, 5.41) is 12.1. The molecule has 174 valence electrons. The van der Waals surface area contributed by atoms with E-state index in [4.69, 9.17) is 9.47 Å². The van der Waals surface area contributed by atoms with Gasteiger partial charge in [0, 0.05) is 19.8 Å². The lowest BCUT2D eigenvalue weighted by atomic mass is 10.0. The van der Waals surface area contributed by atoms with Gasteiger partial charge in [0.25, 0.3) is 5.91 Å². The minimum Gasteiger partial charge on any atom is -0.497 e. The second-order valence-corrected chi connectivity index (χ2v) is 9.05. The van der Waals surface area contributed by atoms with E-state index in [-0.39, 0.29) is 23.6 Å². The zero-order chi connectivity index (χ0) is 24.0. The number of esters is 1. The number of amides is 1. The zero-order valence-corrected chi connectivity index (χ0v) is 19.9. The van der Waals surface area contributed by atoms with Crippen LogP contribution in [0.15, 0.2) is 47.8 Å². The molecule has 2 aliphatic heterocycles. The van der Waals surface area contributed by atoms with Crippen LogP contribution in [-0.2, 0) is 35.0 Å². The third-order valence-electron chi connectivity index (χ3n) is 5.64. The number of fused-ring (bicyclic) bond motifs is 1.